The van der Waals surface area contributed by atoms with Crippen molar-refractivity contribution >= 4 is 34.9 Å². The van der Waals surface area contributed by atoms with Gasteiger partial charge in [0, 0.05) is 12.0 Å². The van der Waals surface area contributed by atoms with E-state index in [4.69, 9.17) is 18.6 Å². The molecule has 8 nitrogen and oxygen atoms in total. The van der Waals surface area contributed by atoms with E-state index in [1.54, 1.807) is 6.07 Å². The minimum Gasteiger partial charge on any atom is -0.454 e. The molecule has 3 fully saturated rings. The Bertz CT molecular complexity index is 1410. The number of ether oxygens (including phenoxy) is 3. The van der Waals surface area contributed by atoms with Crippen molar-refractivity contribution in [3.05, 3.63) is 35.4 Å². The normalized spacial score (nSPS) is 37.4. The summed E-state index contributed by atoms with van der Waals surface area (Å²) in [6.45, 7) is 0. The lowest BCUT2D eigenvalue weighted by Crippen LogP contribution is -2.31. The van der Waals surface area contributed by atoms with Crippen molar-refractivity contribution < 1.29 is 37.8 Å². The number of benzene rings is 1. The van der Waals surface area contributed by atoms with Crippen LogP contribution in [0.2, 0.25) is 0 Å². The first-order valence-electron chi connectivity index (χ1n) is 12.9. The third-order valence-electron chi connectivity index (χ3n) is 9.40. The zero-order valence-corrected chi connectivity index (χ0v) is 19.4. The smallest absolute Gasteiger partial charge is 0.347 e. The minimum atomic E-state index is -0.654. The summed E-state index contributed by atoms with van der Waals surface area (Å²) in [5.41, 5.74) is 2.14. The monoisotopic (exact) mass is 488 g/mol. The van der Waals surface area contributed by atoms with Crippen LogP contribution in [0, 0.1) is 41.4 Å². The van der Waals surface area contributed by atoms with Crippen LogP contribution < -0.4 is 9.47 Å². The minimum absolute atomic E-state index is 0.00475. The third kappa shape index (κ3) is 2.75. The second kappa shape index (κ2) is 7.08. The van der Waals surface area contributed by atoms with Gasteiger partial charge in [-0.15, -0.1) is 0 Å². The molecule has 6 aliphatic rings. The standard InChI is InChI=1S/C28H24O8/c29-22-15(3-4-20(22)34-26(30)17-6-11-1-2-12(17)5-11)16-8-14-7-13(16)9-18(14)27(31)35-24-21-10-19-23(33-21)25(24)36-28(19)32/h1-2,8,10-15,17-18,20H,3-7,9H2. The summed E-state index contributed by atoms with van der Waals surface area (Å²) in [6, 6.07) is 1.54. The van der Waals surface area contributed by atoms with Crippen molar-refractivity contribution in [3.8, 4) is 11.5 Å². The molecule has 36 heavy (non-hydrogen) atoms. The van der Waals surface area contributed by atoms with Crippen LogP contribution in [0.15, 0.2) is 34.3 Å². The van der Waals surface area contributed by atoms with E-state index < -0.39 is 12.1 Å². The predicted octanol–water partition coefficient (Wildman–Crippen LogP) is 3.99. The lowest BCUT2D eigenvalue weighted by atomic mass is 9.82. The molecular weight excluding hydrogens is 464 g/mol. The summed E-state index contributed by atoms with van der Waals surface area (Å²) >= 11 is 0. The molecule has 2 aromatic rings. The molecule has 3 saturated carbocycles. The number of ketones is 1. The number of hydrogen-bond acceptors (Lipinski definition) is 8. The fraction of sp³-hybridized carbons (Fsp3) is 0.500. The molecule has 6 bridgehead atoms. The van der Waals surface area contributed by atoms with E-state index in [0.717, 1.165) is 24.8 Å². The van der Waals surface area contributed by atoms with Crippen molar-refractivity contribution in [2.75, 3.05) is 0 Å². The summed E-state index contributed by atoms with van der Waals surface area (Å²) < 4.78 is 22.1. The van der Waals surface area contributed by atoms with E-state index in [1.165, 1.54) is 0 Å². The molecule has 8 heteroatoms. The molecule has 3 heterocycles. The Morgan fingerprint density at radius 1 is 0.944 bits per heavy atom. The van der Waals surface area contributed by atoms with E-state index in [9.17, 15) is 19.2 Å². The molecule has 0 aromatic carbocycles. The zero-order chi connectivity index (χ0) is 24.3. The van der Waals surface area contributed by atoms with Crippen LogP contribution in [0.3, 0.4) is 0 Å². The number of fused-ring (bicyclic) bond motifs is 5. The molecule has 0 N–H and O–H groups in total. The number of furan rings is 2. The van der Waals surface area contributed by atoms with E-state index in [-0.39, 0.29) is 64.7 Å². The molecule has 0 spiro atoms. The highest BCUT2D eigenvalue weighted by molar-refractivity contribution is 6.10. The Morgan fingerprint density at radius 2 is 1.81 bits per heavy atom. The van der Waals surface area contributed by atoms with Gasteiger partial charge in [0.25, 0.3) is 0 Å². The van der Waals surface area contributed by atoms with Crippen LogP contribution in [-0.2, 0) is 19.1 Å². The van der Waals surface area contributed by atoms with Crippen molar-refractivity contribution in [1.29, 1.82) is 0 Å². The van der Waals surface area contributed by atoms with Crippen molar-refractivity contribution in [3.63, 3.8) is 0 Å². The molecule has 0 amide bonds. The molecule has 8 rings (SSSR count). The lowest BCUT2D eigenvalue weighted by molar-refractivity contribution is -0.159. The second-order valence-corrected chi connectivity index (χ2v) is 11.3. The summed E-state index contributed by atoms with van der Waals surface area (Å²) in [5, 5.41) is 0. The van der Waals surface area contributed by atoms with Gasteiger partial charge in [-0.05, 0) is 62.2 Å². The maximum atomic E-state index is 13.2. The molecule has 8 atom stereocenters. The molecule has 8 unspecified atom stereocenters. The molecule has 5 aliphatic carbocycles. The first-order chi connectivity index (χ1) is 17.4. The second-order valence-electron chi connectivity index (χ2n) is 11.3. The molecule has 0 radical (unpaired) electrons. The Balaban J connectivity index is 0.927. The number of hydrogen-bond donors (Lipinski definition) is 0. The van der Waals surface area contributed by atoms with Crippen LogP contribution in [-0.4, -0.2) is 29.8 Å². The molecular formula is C28H24O8. The van der Waals surface area contributed by atoms with E-state index in [0.29, 0.717) is 41.9 Å². The summed E-state index contributed by atoms with van der Waals surface area (Å²) in [4.78, 5) is 50.8. The molecule has 2 aromatic heterocycles. The van der Waals surface area contributed by atoms with Gasteiger partial charge in [0.15, 0.2) is 23.1 Å². The van der Waals surface area contributed by atoms with Gasteiger partial charge >= 0.3 is 17.9 Å². The molecule has 184 valence electrons. The Labute approximate surface area is 205 Å². The van der Waals surface area contributed by atoms with Gasteiger partial charge in [0.05, 0.1) is 11.8 Å². The van der Waals surface area contributed by atoms with Crippen LogP contribution >= 0.6 is 0 Å². The van der Waals surface area contributed by atoms with Crippen molar-refractivity contribution in [1.82, 2.24) is 0 Å². The predicted molar refractivity (Wildman–Crippen MR) is 122 cm³/mol. The number of allylic oxidation sites excluding steroid dienone is 4. The quantitative estimate of drug-likeness (QED) is 0.353. The van der Waals surface area contributed by atoms with Gasteiger partial charge in [0.1, 0.15) is 5.56 Å². The Hall–Kier alpha value is -3.42. The van der Waals surface area contributed by atoms with E-state index in [1.807, 2.05) is 0 Å². The largest absolute Gasteiger partial charge is 0.454 e. The van der Waals surface area contributed by atoms with E-state index >= 15 is 0 Å². The maximum absolute atomic E-state index is 13.2. The van der Waals surface area contributed by atoms with Gasteiger partial charge in [0.2, 0.25) is 11.5 Å². The first kappa shape index (κ1) is 20.7. The summed E-state index contributed by atoms with van der Waals surface area (Å²) in [6.07, 6.45) is 10.3. The van der Waals surface area contributed by atoms with Crippen molar-refractivity contribution in [2.24, 2.45) is 41.4 Å². The Kier molecular flexibility index (Phi) is 4.08. The van der Waals surface area contributed by atoms with Crippen LogP contribution in [0.5, 0.6) is 11.5 Å². The fourth-order valence-electron chi connectivity index (χ4n) is 7.69. The Morgan fingerprint density at radius 3 is 2.56 bits per heavy atom. The van der Waals surface area contributed by atoms with Gasteiger partial charge in [-0.2, -0.15) is 0 Å². The van der Waals surface area contributed by atoms with Crippen LogP contribution in [0.25, 0.3) is 11.2 Å². The lowest BCUT2D eigenvalue weighted by Gasteiger charge is -2.23. The van der Waals surface area contributed by atoms with Gasteiger partial charge in [-0.3, -0.25) is 14.4 Å². The summed E-state index contributed by atoms with van der Waals surface area (Å²) in [7, 11) is 0. The average Bonchev–Trinajstić information content (AvgIpc) is 3.70. The maximum Gasteiger partial charge on any atom is 0.347 e. The molecule has 1 aliphatic heterocycles. The highest BCUT2D eigenvalue weighted by Crippen LogP contribution is 2.54. The van der Waals surface area contributed by atoms with Crippen LogP contribution in [0.1, 0.15) is 48.9 Å². The summed E-state index contributed by atoms with van der Waals surface area (Å²) in [5.74, 6) is -0.458. The van der Waals surface area contributed by atoms with Crippen molar-refractivity contribution in [2.45, 2.75) is 44.6 Å². The SMILES string of the molecule is O=C1Oc2c(OC(=O)C3CC4CC3C=C4C3CCC(OC(=O)C4CC5C=CC4C5)C3=O)c3cc1c2o3. The fourth-order valence-corrected chi connectivity index (χ4v) is 7.69. The topological polar surface area (TPSA) is 109 Å². The van der Waals surface area contributed by atoms with Gasteiger partial charge < -0.3 is 18.6 Å². The van der Waals surface area contributed by atoms with E-state index in [2.05, 4.69) is 18.2 Å². The number of rotatable bonds is 5. The highest BCUT2D eigenvalue weighted by atomic mass is 16.6. The number of carbonyl (C=O) groups is 4. The third-order valence-corrected chi connectivity index (χ3v) is 9.40. The number of esters is 3. The highest BCUT2D eigenvalue weighted by Gasteiger charge is 2.51. The first-order valence-corrected chi connectivity index (χ1v) is 12.9. The van der Waals surface area contributed by atoms with Gasteiger partial charge in [-0.25, -0.2) is 4.79 Å². The zero-order valence-electron chi connectivity index (χ0n) is 19.4. The van der Waals surface area contributed by atoms with Gasteiger partial charge in [-0.1, -0.05) is 23.8 Å². The molecule has 0 saturated heterocycles. The average molecular weight is 488 g/mol. The van der Waals surface area contributed by atoms with Crippen LogP contribution in [0.4, 0.5) is 0 Å². The number of carbonyl (C=O) groups excluding carboxylic acids is 4. The number of Topliss-reactive ketones (excluding diaryl/α,β-unsaturated/α-hetero) is 1.